The Bertz CT molecular complexity index is 464. The zero-order valence-corrected chi connectivity index (χ0v) is 10.6. The van der Waals surface area contributed by atoms with E-state index in [4.69, 9.17) is 5.73 Å². The number of hydrogen-bond donors (Lipinski definition) is 2. The minimum absolute atomic E-state index is 0.135. The first-order valence-electron chi connectivity index (χ1n) is 5.17. The predicted molar refractivity (Wildman–Crippen MR) is 65.8 cm³/mol. The molecular weight excluding hydrogens is 286 g/mol. The van der Waals surface area contributed by atoms with Crippen LogP contribution in [0.3, 0.4) is 0 Å². The highest BCUT2D eigenvalue weighted by molar-refractivity contribution is 9.10. The molecule has 0 aliphatic carbocycles. The van der Waals surface area contributed by atoms with Gasteiger partial charge in [-0.1, -0.05) is 34.1 Å². The highest BCUT2D eigenvalue weighted by atomic mass is 79.9. The third kappa shape index (κ3) is 2.65. The Morgan fingerprint density at radius 1 is 1.41 bits per heavy atom. The van der Waals surface area contributed by atoms with Crippen molar-refractivity contribution in [1.82, 2.24) is 10.2 Å². The number of halogens is 1. The molecule has 1 aliphatic heterocycles. The van der Waals surface area contributed by atoms with Crippen LogP contribution in [0.4, 0.5) is 4.79 Å². The second-order valence-electron chi connectivity index (χ2n) is 3.84. The van der Waals surface area contributed by atoms with E-state index in [0.29, 0.717) is 6.54 Å². The number of nitrogens with one attached hydrogen (secondary N) is 1. The maximum atomic E-state index is 11.6. The normalized spacial score (nSPS) is 20.4. The first-order chi connectivity index (χ1) is 8.08. The lowest BCUT2D eigenvalue weighted by Crippen LogP contribution is -2.57. The van der Waals surface area contributed by atoms with Crippen LogP contribution >= 0.6 is 15.9 Å². The Morgan fingerprint density at radius 3 is 2.76 bits per heavy atom. The molecule has 1 heterocycles. The second kappa shape index (κ2) is 4.85. The van der Waals surface area contributed by atoms with Gasteiger partial charge < -0.3 is 10.6 Å². The van der Waals surface area contributed by atoms with E-state index >= 15 is 0 Å². The van der Waals surface area contributed by atoms with Crippen molar-refractivity contribution >= 4 is 27.9 Å². The summed E-state index contributed by atoms with van der Waals surface area (Å²) in [7, 11) is 0. The fraction of sp³-hybridized carbons (Fsp3) is 0.273. The molecule has 90 valence electrons. The summed E-state index contributed by atoms with van der Waals surface area (Å²) in [6.45, 7) is 0.377. The van der Waals surface area contributed by atoms with Crippen molar-refractivity contribution in [2.24, 2.45) is 5.73 Å². The van der Waals surface area contributed by atoms with Gasteiger partial charge in [0.05, 0.1) is 19.1 Å². The molecule has 0 saturated carbocycles. The van der Waals surface area contributed by atoms with Gasteiger partial charge in [0.1, 0.15) is 0 Å². The Labute approximate surface area is 107 Å². The van der Waals surface area contributed by atoms with E-state index in [1.807, 2.05) is 24.3 Å². The number of benzene rings is 1. The number of imide groups is 1. The molecule has 1 aromatic rings. The number of carbonyl (C=O) groups excluding carboxylic acids is 2. The smallest absolute Gasteiger partial charge is 0.311 e. The van der Waals surface area contributed by atoms with Gasteiger partial charge in [-0.25, -0.2) is 4.79 Å². The molecule has 1 aliphatic rings. The minimum atomic E-state index is -0.566. The number of nitrogens with two attached hydrogens (primary N) is 1. The van der Waals surface area contributed by atoms with Crippen LogP contribution in [-0.4, -0.2) is 23.0 Å². The molecule has 6 heteroatoms. The van der Waals surface area contributed by atoms with Gasteiger partial charge in [0, 0.05) is 4.47 Å². The third-order valence-corrected chi connectivity index (χ3v) is 3.37. The van der Waals surface area contributed by atoms with E-state index in [0.717, 1.165) is 10.0 Å². The molecule has 0 bridgehead atoms. The second-order valence-corrected chi connectivity index (χ2v) is 4.70. The predicted octanol–water partition coefficient (Wildman–Crippen LogP) is 1.18. The summed E-state index contributed by atoms with van der Waals surface area (Å²) in [6, 6.07) is 7.14. The summed E-state index contributed by atoms with van der Waals surface area (Å²) < 4.78 is 0.914. The van der Waals surface area contributed by atoms with Crippen LogP contribution in [0.15, 0.2) is 28.7 Å². The molecule has 1 saturated heterocycles. The molecular formula is C11H12BrN3O2. The van der Waals surface area contributed by atoms with Crippen LogP contribution in [-0.2, 0) is 11.3 Å². The lowest BCUT2D eigenvalue weighted by molar-refractivity contribution is -0.122. The summed E-state index contributed by atoms with van der Waals surface area (Å²) >= 11 is 3.41. The highest BCUT2D eigenvalue weighted by Crippen LogP contribution is 2.19. The topological polar surface area (TPSA) is 75.4 Å². The Balaban J connectivity index is 2.16. The van der Waals surface area contributed by atoms with Crippen LogP contribution in [0.5, 0.6) is 0 Å². The number of amides is 3. The first-order valence-corrected chi connectivity index (χ1v) is 5.96. The first kappa shape index (κ1) is 12.1. The van der Waals surface area contributed by atoms with Crippen LogP contribution < -0.4 is 11.1 Å². The van der Waals surface area contributed by atoms with Crippen molar-refractivity contribution in [1.29, 1.82) is 0 Å². The van der Waals surface area contributed by atoms with Crippen molar-refractivity contribution < 1.29 is 9.59 Å². The van der Waals surface area contributed by atoms with Gasteiger partial charge in [0.25, 0.3) is 0 Å². The van der Waals surface area contributed by atoms with Crippen LogP contribution in [0.2, 0.25) is 0 Å². The van der Waals surface area contributed by atoms with Crippen molar-refractivity contribution in [2.45, 2.75) is 19.1 Å². The zero-order valence-electron chi connectivity index (χ0n) is 9.02. The van der Waals surface area contributed by atoms with Crippen molar-refractivity contribution in [3.05, 3.63) is 34.3 Å². The van der Waals surface area contributed by atoms with E-state index in [2.05, 4.69) is 21.2 Å². The maximum absolute atomic E-state index is 11.6. The number of rotatable bonds is 2. The Morgan fingerprint density at radius 2 is 2.12 bits per heavy atom. The summed E-state index contributed by atoms with van der Waals surface area (Å²) in [5, 5.41) is 2.25. The summed E-state index contributed by atoms with van der Waals surface area (Å²) in [6.07, 6.45) is -0.431. The average molecular weight is 298 g/mol. The number of hydrogen-bond acceptors (Lipinski definition) is 3. The Kier molecular flexibility index (Phi) is 3.44. The molecule has 17 heavy (non-hydrogen) atoms. The largest absolute Gasteiger partial charge is 0.325 e. The molecule has 1 aromatic carbocycles. The van der Waals surface area contributed by atoms with E-state index in [-0.39, 0.29) is 12.3 Å². The SMILES string of the molecule is NC1CC(=O)NC(=O)N1Cc1ccccc1Br. The van der Waals surface area contributed by atoms with Crippen LogP contribution in [0.25, 0.3) is 0 Å². The summed E-state index contributed by atoms with van der Waals surface area (Å²) in [5.74, 6) is -0.328. The molecule has 1 unspecified atom stereocenters. The fourth-order valence-electron chi connectivity index (χ4n) is 1.69. The molecule has 0 radical (unpaired) electrons. The van der Waals surface area contributed by atoms with Crippen LogP contribution in [0, 0.1) is 0 Å². The molecule has 1 fully saturated rings. The molecule has 1 atom stereocenters. The van der Waals surface area contributed by atoms with Gasteiger partial charge in [0.15, 0.2) is 0 Å². The van der Waals surface area contributed by atoms with E-state index in [1.54, 1.807) is 0 Å². The van der Waals surface area contributed by atoms with Gasteiger partial charge in [-0.05, 0) is 11.6 Å². The maximum Gasteiger partial charge on any atom is 0.325 e. The minimum Gasteiger partial charge on any atom is -0.311 e. The van der Waals surface area contributed by atoms with Crippen LogP contribution in [0.1, 0.15) is 12.0 Å². The van der Waals surface area contributed by atoms with Gasteiger partial charge in [0.2, 0.25) is 5.91 Å². The number of urea groups is 1. The molecule has 2 rings (SSSR count). The number of carbonyl (C=O) groups is 2. The standard InChI is InChI=1S/C11H12BrN3O2/c12-8-4-2-1-3-7(8)6-15-9(13)5-10(16)14-11(15)17/h1-4,9H,5-6,13H2,(H,14,16,17). The van der Waals surface area contributed by atoms with Crippen molar-refractivity contribution in [3.63, 3.8) is 0 Å². The van der Waals surface area contributed by atoms with E-state index < -0.39 is 12.2 Å². The lowest BCUT2D eigenvalue weighted by atomic mass is 10.2. The summed E-state index contributed by atoms with van der Waals surface area (Å²) in [5.41, 5.74) is 6.74. The van der Waals surface area contributed by atoms with Gasteiger partial charge in [-0.3, -0.25) is 10.1 Å². The monoisotopic (exact) mass is 297 g/mol. The van der Waals surface area contributed by atoms with Gasteiger partial charge in [-0.15, -0.1) is 0 Å². The molecule has 5 nitrogen and oxygen atoms in total. The Hall–Kier alpha value is -1.40. The van der Waals surface area contributed by atoms with Gasteiger partial charge in [-0.2, -0.15) is 0 Å². The van der Waals surface area contributed by atoms with E-state index in [9.17, 15) is 9.59 Å². The zero-order chi connectivity index (χ0) is 12.4. The third-order valence-electron chi connectivity index (χ3n) is 2.60. The summed E-state index contributed by atoms with van der Waals surface area (Å²) in [4.78, 5) is 24.2. The fourth-order valence-corrected chi connectivity index (χ4v) is 2.10. The van der Waals surface area contributed by atoms with Crippen molar-refractivity contribution in [3.8, 4) is 0 Å². The average Bonchev–Trinajstić information content (AvgIpc) is 2.25. The lowest BCUT2D eigenvalue weighted by Gasteiger charge is -2.32. The van der Waals surface area contributed by atoms with E-state index in [1.165, 1.54) is 4.90 Å². The molecule has 0 spiro atoms. The number of nitrogens with zero attached hydrogens (tertiary/aromatic N) is 1. The molecule has 3 amide bonds. The van der Waals surface area contributed by atoms with Gasteiger partial charge >= 0.3 is 6.03 Å². The molecule has 3 N–H and O–H groups in total. The molecule has 0 aromatic heterocycles. The highest BCUT2D eigenvalue weighted by Gasteiger charge is 2.29. The quantitative estimate of drug-likeness (QED) is 0.860. The van der Waals surface area contributed by atoms with Crippen molar-refractivity contribution in [2.75, 3.05) is 0 Å².